The fraction of sp³-hybridized carbons (Fsp3) is 0.531. The van der Waals surface area contributed by atoms with Gasteiger partial charge in [0, 0.05) is 36.8 Å². The van der Waals surface area contributed by atoms with Crippen LogP contribution in [0.5, 0.6) is 23.0 Å². The molecular formula is C32H40N2O9. The third kappa shape index (κ3) is 6.36. The number of fused-ring (bicyclic) bond motifs is 2. The number of amides is 2. The number of aliphatic carboxylic acids is 1. The van der Waals surface area contributed by atoms with Crippen molar-refractivity contribution in [3.63, 3.8) is 0 Å². The summed E-state index contributed by atoms with van der Waals surface area (Å²) in [4.78, 5) is 42.7. The van der Waals surface area contributed by atoms with Gasteiger partial charge in [0.05, 0.1) is 32.2 Å². The average Bonchev–Trinajstić information content (AvgIpc) is 3.09. The first-order valence-electron chi connectivity index (χ1n) is 14.6. The molecule has 232 valence electrons. The number of hydrogen-bond donors (Lipinski definition) is 1. The number of carboxylic acids is 1. The van der Waals surface area contributed by atoms with E-state index in [-0.39, 0.29) is 23.7 Å². The first-order chi connectivity index (χ1) is 20.5. The zero-order valence-corrected chi connectivity index (χ0v) is 25.4. The number of rotatable bonds is 7. The van der Waals surface area contributed by atoms with Crippen molar-refractivity contribution in [3.8, 4) is 23.0 Å². The number of carboxylic acid groups (broad SMARTS) is 1. The third-order valence-corrected chi connectivity index (χ3v) is 8.01. The summed E-state index contributed by atoms with van der Waals surface area (Å²) >= 11 is 0. The number of benzene rings is 2. The van der Waals surface area contributed by atoms with Crippen LogP contribution in [0.15, 0.2) is 30.3 Å². The van der Waals surface area contributed by atoms with Crippen LogP contribution in [0.25, 0.3) is 0 Å². The average molecular weight is 597 g/mol. The van der Waals surface area contributed by atoms with Crippen molar-refractivity contribution >= 4 is 23.5 Å². The molecule has 5 rings (SSSR count). The van der Waals surface area contributed by atoms with Gasteiger partial charge in [-0.25, -0.2) is 0 Å². The monoisotopic (exact) mass is 596 g/mol. The number of methoxy groups -OCH3 is 2. The van der Waals surface area contributed by atoms with Gasteiger partial charge in [-0.15, -0.1) is 0 Å². The van der Waals surface area contributed by atoms with Crippen molar-refractivity contribution < 1.29 is 43.2 Å². The zero-order chi connectivity index (χ0) is 30.9. The van der Waals surface area contributed by atoms with E-state index in [1.54, 1.807) is 30.1 Å². The number of nitrogens with zero attached hydrogens (tertiary/aromatic N) is 2. The first kappa shape index (κ1) is 30.5. The molecule has 0 unspecified atom stereocenters. The normalized spacial score (nSPS) is 20.7. The highest BCUT2D eigenvalue weighted by Gasteiger charge is 2.42. The summed E-state index contributed by atoms with van der Waals surface area (Å²) in [5, 5.41) is 9.38. The minimum absolute atomic E-state index is 0.194. The molecule has 2 aromatic rings. The van der Waals surface area contributed by atoms with Crippen LogP contribution < -0.4 is 23.8 Å². The number of carbonyl (C=O) groups excluding carboxylic acids is 2. The lowest BCUT2D eigenvalue weighted by Gasteiger charge is -2.33. The number of para-hydroxylation sites is 1. The highest BCUT2D eigenvalue weighted by Crippen LogP contribution is 2.48. The summed E-state index contributed by atoms with van der Waals surface area (Å²) < 4.78 is 29.9. The largest absolute Gasteiger partial charge is 0.493 e. The minimum Gasteiger partial charge on any atom is -0.493 e. The molecule has 0 bridgehead atoms. The van der Waals surface area contributed by atoms with E-state index in [9.17, 15) is 19.5 Å². The minimum atomic E-state index is -1.13. The van der Waals surface area contributed by atoms with Gasteiger partial charge >= 0.3 is 5.97 Å². The second-order valence-corrected chi connectivity index (χ2v) is 12.3. The van der Waals surface area contributed by atoms with Gasteiger partial charge in [-0.2, -0.15) is 0 Å². The fourth-order valence-electron chi connectivity index (χ4n) is 5.92. The maximum absolute atomic E-state index is 14.4. The number of ether oxygens (including phenoxy) is 5. The third-order valence-electron chi connectivity index (χ3n) is 8.01. The fourth-order valence-corrected chi connectivity index (χ4v) is 5.92. The lowest BCUT2D eigenvalue weighted by atomic mass is 9.93. The quantitative estimate of drug-likeness (QED) is 0.504. The molecule has 11 heteroatoms. The standard InChI is InChI=1S/C32H40N2O9/c1-32(2,3)18-34-22-16-25-24(41-13-14-42-25)15-21(22)28(20-7-6-8-23(39-4)29(20)40-5)43-26(30(34)36)17-27(35)33-11-9-19(10-12-33)31(37)38/h6-8,15-16,19,26,28H,9-14,17-18H2,1-5H3,(H,37,38)/t26-,28-/m0/s1. The maximum Gasteiger partial charge on any atom is 0.306 e. The molecule has 3 aliphatic heterocycles. The van der Waals surface area contributed by atoms with Gasteiger partial charge in [-0.05, 0) is 30.4 Å². The Morgan fingerprint density at radius 3 is 2.28 bits per heavy atom. The van der Waals surface area contributed by atoms with Crippen LogP contribution in [0.3, 0.4) is 0 Å². The highest BCUT2D eigenvalue weighted by molar-refractivity contribution is 6.00. The number of carbonyl (C=O) groups is 3. The summed E-state index contributed by atoms with van der Waals surface area (Å²) in [5.74, 6) is 0.0975. The Morgan fingerprint density at radius 1 is 1.00 bits per heavy atom. The Kier molecular flexibility index (Phi) is 8.73. The molecule has 3 heterocycles. The van der Waals surface area contributed by atoms with E-state index in [4.69, 9.17) is 23.7 Å². The SMILES string of the molecule is COc1cccc([C@@H]2O[C@@H](CC(=O)N3CCC(C(=O)O)CC3)C(=O)N(CC(C)(C)C)c3cc4c(cc32)OCCO4)c1OC. The summed E-state index contributed by atoms with van der Waals surface area (Å²) in [6.45, 7) is 7.89. The summed E-state index contributed by atoms with van der Waals surface area (Å²) in [5.41, 5.74) is 1.62. The van der Waals surface area contributed by atoms with Crippen LogP contribution in [-0.4, -0.2) is 81.0 Å². The summed E-state index contributed by atoms with van der Waals surface area (Å²) in [7, 11) is 3.09. The van der Waals surface area contributed by atoms with Crippen LogP contribution in [0.4, 0.5) is 5.69 Å². The van der Waals surface area contributed by atoms with Crippen molar-refractivity contribution in [2.75, 3.05) is 52.0 Å². The van der Waals surface area contributed by atoms with E-state index in [1.807, 2.05) is 45.0 Å². The number of hydrogen-bond acceptors (Lipinski definition) is 8. The molecule has 0 aliphatic carbocycles. The van der Waals surface area contributed by atoms with E-state index in [0.717, 1.165) is 0 Å². The van der Waals surface area contributed by atoms with Crippen molar-refractivity contribution in [1.82, 2.24) is 4.90 Å². The van der Waals surface area contributed by atoms with Crippen molar-refractivity contribution in [3.05, 3.63) is 41.5 Å². The Bertz CT molecular complexity index is 1380. The molecular weight excluding hydrogens is 556 g/mol. The van der Waals surface area contributed by atoms with Crippen LogP contribution >= 0.6 is 0 Å². The Labute approximate surface area is 251 Å². The zero-order valence-electron chi connectivity index (χ0n) is 25.4. The van der Waals surface area contributed by atoms with E-state index in [2.05, 4.69) is 0 Å². The van der Waals surface area contributed by atoms with Crippen molar-refractivity contribution in [2.24, 2.45) is 11.3 Å². The van der Waals surface area contributed by atoms with Crippen LogP contribution in [0, 0.1) is 11.3 Å². The van der Waals surface area contributed by atoms with E-state index < -0.39 is 24.1 Å². The Balaban J connectivity index is 1.60. The van der Waals surface area contributed by atoms with Crippen LogP contribution in [0.1, 0.15) is 57.3 Å². The maximum atomic E-state index is 14.4. The van der Waals surface area contributed by atoms with E-state index in [1.165, 1.54) is 0 Å². The molecule has 0 spiro atoms. The van der Waals surface area contributed by atoms with Gasteiger partial charge in [-0.1, -0.05) is 32.9 Å². The molecule has 2 atom stereocenters. The molecule has 0 saturated carbocycles. The van der Waals surface area contributed by atoms with Gasteiger partial charge in [0.15, 0.2) is 23.0 Å². The van der Waals surface area contributed by atoms with Crippen LogP contribution in [0.2, 0.25) is 0 Å². The van der Waals surface area contributed by atoms with Gasteiger partial charge in [-0.3, -0.25) is 14.4 Å². The molecule has 3 aliphatic rings. The summed E-state index contributed by atoms with van der Waals surface area (Å²) in [6, 6.07) is 9.12. The van der Waals surface area contributed by atoms with Gasteiger partial charge in [0.25, 0.3) is 5.91 Å². The van der Waals surface area contributed by atoms with Crippen molar-refractivity contribution in [1.29, 1.82) is 0 Å². The molecule has 43 heavy (non-hydrogen) atoms. The Morgan fingerprint density at radius 2 is 1.67 bits per heavy atom. The molecule has 1 saturated heterocycles. The van der Waals surface area contributed by atoms with Crippen LogP contribution in [-0.2, 0) is 19.1 Å². The second-order valence-electron chi connectivity index (χ2n) is 12.3. The molecule has 2 aromatic carbocycles. The van der Waals surface area contributed by atoms with Gasteiger partial charge in [0.2, 0.25) is 5.91 Å². The number of piperidine rings is 1. The molecule has 0 radical (unpaired) electrons. The van der Waals surface area contributed by atoms with Crippen molar-refractivity contribution in [2.45, 2.75) is 52.2 Å². The lowest BCUT2D eigenvalue weighted by molar-refractivity contribution is -0.148. The smallest absolute Gasteiger partial charge is 0.306 e. The number of likely N-dealkylation sites (tertiary alicyclic amines) is 1. The number of anilines is 1. The lowest BCUT2D eigenvalue weighted by Crippen LogP contribution is -2.47. The predicted molar refractivity (Wildman–Crippen MR) is 157 cm³/mol. The second kappa shape index (κ2) is 12.3. The Hall–Kier alpha value is -3.99. The molecule has 1 N–H and O–H groups in total. The topological polar surface area (TPSA) is 124 Å². The van der Waals surface area contributed by atoms with Gasteiger partial charge < -0.3 is 38.6 Å². The van der Waals surface area contributed by atoms with E-state index >= 15 is 0 Å². The molecule has 2 amide bonds. The van der Waals surface area contributed by atoms with E-state index in [0.29, 0.717) is 85.5 Å². The van der Waals surface area contributed by atoms with Gasteiger partial charge in [0.1, 0.15) is 25.4 Å². The molecule has 0 aromatic heterocycles. The predicted octanol–water partition coefficient (Wildman–Crippen LogP) is 4.06. The first-order valence-corrected chi connectivity index (χ1v) is 14.6. The summed E-state index contributed by atoms with van der Waals surface area (Å²) in [6.07, 6.45) is -1.39. The molecule has 1 fully saturated rings. The molecule has 11 nitrogen and oxygen atoms in total. The highest BCUT2D eigenvalue weighted by atomic mass is 16.6.